The Bertz CT molecular complexity index is 829. The lowest BCUT2D eigenvalue weighted by Gasteiger charge is -2.10. The molecule has 3 heterocycles. The molecule has 0 bridgehead atoms. The summed E-state index contributed by atoms with van der Waals surface area (Å²) < 4.78 is 12.1. The van der Waals surface area contributed by atoms with Gasteiger partial charge in [0.15, 0.2) is 0 Å². The standard InChI is InChI=1S/C16H21N5O4S2/c1-9-10(2)27-14(13(9)15(23)24-3)17-12(22)8-26-16-18-19-20-21(16)7-11-5-4-6-25-11/h11H,4-8H2,1-3H3,(H,17,22). The van der Waals surface area contributed by atoms with Crippen molar-refractivity contribution in [1.29, 1.82) is 0 Å². The second-order valence-corrected chi connectivity index (χ2v) is 8.26. The summed E-state index contributed by atoms with van der Waals surface area (Å²) in [5.41, 5.74) is 1.22. The van der Waals surface area contributed by atoms with E-state index in [2.05, 4.69) is 20.8 Å². The molecule has 1 aliphatic rings. The number of thiophene rings is 1. The zero-order valence-corrected chi connectivity index (χ0v) is 17.0. The Hall–Kier alpha value is -1.98. The third kappa shape index (κ3) is 4.66. The fraction of sp³-hybridized carbons (Fsp3) is 0.562. The number of esters is 1. The highest BCUT2D eigenvalue weighted by atomic mass is 32.2. The van der Waals surface area contributed by atoms with Crippen molar-refractivity contribution in [3.63, 3.8) is 0 Å². The van der Waals surface area contributed by atoms with E-state index in [1.807, 2.05) is 13.8 Å². The molecule has 1 amide bonds. The molecule has 1 N–H and O–H groups in total. The van der Waals surface area contributed by atoms with Gasteiger partial charge in [-0.25, -0.2) is 9.48 Å². The van der Waals surface area contributed by atoms with Crippen LogP contribution in [0.1, 0.15) is 33.6 Å². The zero-order valence-electron chi connectivity index (χ0n) is 15.4. The highest BCUT2D eigenvalue weighted by Crippen LogP contribution is 2.33. The maximum Gasteiger partial charge on any atom is 0.341 e. The first kappa shape index (κ1) is 19.8. The molecule has 1 aliphatic heterocycles. The summed E-state index contributed by atoms with van der Waals surface area (Å²) in [4.78, 5) is 25.3. The fourth-order valence-electron chi connectivity index (χ4n) is 2.75. The number of amides is 1. The third-order valence-electron chi connectivity index (χ3n) is 4.26. The van der Waals surface area contributed by atoms with Crippen LogP contribution in [-0.2, 0) is 20.8 Å². The summed E-state index contributed by atoms with van der Waals surface area (Å²) >= 11 is 2.60. The molecule has 2 aromatic rings. The molecule has 0 radical (unpaired) electrons. The molecule has 0 spiro atoms. The number of aryl methyl sites for hydroxylation is 1. The van der Waals surface area contributed by atoms with Crippen LogP contribution in [0.3, 0.4) is 0 Å². The quantitative estimate of drug-likeness (QED) is 0.545. The van der Waals surface area contributed by atoms with Crippen LogP contribution in [0.5, 0.6) is 0 Å². The minimum Gasteiger partial charge on any atom is -0.465 e. The molecule has 9 nitrogen and oxygen atoms in total. The van der Waals surface area contributed by atoms with Gasteiger partial charge in [-0.2, -0.15) is 0 Å². The molecule has 0 saturated carbocycles. The van der Waals surface area contributed by atoms with Crippen molar-refractivity contribution in [1.82, 2.24) is 20.2 Å². The average Bonchev–Trinajstić information content (AvgIpc) is 3.36. The average molecular weight is 412 g/mol. The topological polar surface area (TPSA) is 108 Å². The smallest absolute Gasteiger partial charge is 0.341 e. The minimum absolute atomic E-state index is 0.112. The summed E-state index contributed by atoms with van der Waals surface area (Å²) in [6.07, 6.45) is 2.14. The third-order valence-corrected chi connectivity index (χ3v) is 6.34. The van der Waals surface area contributed by atoms with Crippen LogP contribution in [0.4, 0.5) is 5.00 Å². The molecule has 1 atom stereocenters. The van der Waals surface area contributed by atoms with Gasteiger partial charge in [-0.3, -0.25) is 4.79 Å². The predicted octanol–water partition coefficient (Wildman–Crippen LogP) is 2.05. The van der Waals surface area contributed by atoms with Crippen molar-refractivity contribution >= 4 is 40.0 Å². The summed E-state index contributed by atoms with van der Waals surface area (Å²) in [5.74, 6) is -0.568. The maximum absolute atomic E-state index is 12.4. The van der Waals surface area contributed by atoms with Gasteiger partial charge in [0.2, 0.25) is 11.1 Å². The molecule has 1 unspecified atom stereocenters. The zero-order chi connectivity index (χ0) is 19.4. The lowest BCUT2D eigenvalue weighted by molar-refractivity contribution is -0.113. The molecule has 27 heavy (non-hydrogen) atoms. The van der Waals surface area contributed by atoms with Crippen molar-refractivity contribution in [3.8, 4) is 0 Å². The number of methoxy groups -OCH3 is 1. The number of hydrogen-bond acceptors (Lipinski definition) is 9. The van der Waals surface area contributed by atoms with Gasteiger partial charge in [0.05, 0.1) is 31.1 Å². The largest absolute Gasteiger partial charge is 0.465 e. The number of carbonyl (C=O) groups excluding carboxylic acids is 2. The van der Waals surface area contributed by atoms with Crippen LogP contribution >= 0.6 is 23.1 Å². The summed E-state index contributed by atoms with van der Waals surface area (Å²) in [5, 5.41) is 15.5. The number of anilines is 1. The number of nitrogens with zero attached hydrogens (tertiary/aromatic N) is 4. The summed E-state index contributed by atoms with van der Waals surface area (Å²) in [6, 6.07) is 0. The minimum atomic E-state index is -0.458. The number of nitrogens with one attached hydrogen (secondary N) is 1. The van der Waals surface area contributed by atoms with Gasteiger partial charge >= 0.3 is 5.97 Å². The second kappa shape index (κ2) is 8.81. The van der Waals surface area contributed by atoms with Crippen molar-refractivity contribution in [2.75, 3.05) is 24.8 Å². The van der Waals surface area contributed by atoms with Crippen LogP contribution in [-0.4, -0.2) is 57.7 Å². The lowest BCUT2D eigenvalue weighted by Crippen LogP contribution is -2.18. The molecule has 1 fully saturated rings. The monoisotopic (exact) mass is 411 g/mol. The van der Waals surface area contributed by atoms with E-state index in [1.54, 1.807) is 4.68 Å². The Morgan fingerprint density at radius 1 is 1.44 bits per heavy atom. The van der Waals surface area contributed by atoms with Gasteiger partial charge < -0.3 is 14.8 Å². The number of aromatic nitrogens is 4. The van der Waals surface area contributed by atoms with E-state index in [0.717, 1.165) is 29.9 Å². The molecule has 0 aliphatic carbocycles. The van der Waals surface area contributed by atoms with Gasteiger partial charge in [0.1, 0.15) is 5.00 Å². The van der Waals surface area contributed by atoms with Crippen molar-refractivity contribution in [2.45, 2.75) is 44.5 Å². The van der Waals surface area contributed by atoms with Gasteiger partial charge in [-0.05, 0) is 42.7 Å². The molecule has 2 aromatic heterocycles. The number of carbonyl (C=O) groups is 2. The Kier molecular flexibility index (Phi) is 6.45. The van der Waals surface area contributed by atoms with Gasteiger partial charge in [-0.15, -0.1) is 16.4 Å². The SMILES string of the molecule is COC(=O)c1c(NC(=O)CSc2nnnn2CC2CCCO2)sc(C)c1C. The first-order valence-electron chi connectivity index (χ1n) is 8.48. The van der Waals surface area contributed by atoms with E-state index in [0.29, 0.717) is 22.3 Å². The number of thioether (sulfide) groups is 1. The van der Waals surface area contributed by atoms with Gasteiger partial charge in [0, 0.05) is 11.5 Å². The van der Waals surface area contributed by atoms with Crippen LogP contribution in [0, 0.1) is 13.8 Å². The fourth-order valence-corrected chi connectivity index (χ4v) is 4.50. The second-order valence-electron chi connectivity index (χ2n) is 6.09. The molecule has 1 saturated heterocycles. The summed E-state index contributed by atoms with van der Waals surface area (Å²) in [6.45, 7) is 5.07. The highest BCUT2D eigenvalue weighted by Gasteiger charge is 2.22. The molecule has 3 rings (SSSR count). The van der Waals surface area contributed by atoms with Crippen molar-refractivity contribution in [3.05, 3.63) is 16.0 Å². The number of ether oxygens (including phenoxy) is 2. The van der Waals surface area contributed by atoms with E-state index in [1.165, 1.54) is 30.2 Å². The molecule has 0 aromatic carbocycles. The van der Waals surface area contributed by atoms with E-state index < -0.39 is 5.97 Å². The van der Waals surface area contributed by atoms with Crippen molar-refractivity contribution < 1.29 is 19.1 Å². The number of hydrogen-bond donors (Lipinski definition) is 1. The van der Waals surface area contributed by atoms with Gasteiger partial charge in [0.25, 0.3) is 0 Å². The van der Waals surface area contributed by atoms with E-state index >= 15 is 0 Å². The molecule has 146 valence electrons. The summed E-state index contributed by atoms with van der Waals surface area (Å²) in [7, 11) is 1.32. The lowest BCUT2D eigenvalue weighted by atomic mass is 10.1. The van der Waals surface area contributed by atoms with Crippen LogP contribution in [0.15, 0.2) is 5.16 Å². The van der Waals surface area contributed by atoms with E-state index in [-0.39, 0.29) is 17.8 Å². The number of rotatable bonds is 7. The van der Waals surface area contributed by atoms with Crippen LogP contribution in [0.25, 0.3) is 0 Å². The van der Waals surface area contributed by atoms with E-state index in [4.69, 9.17) is 9.47 Å². The van der Waals surface area contributed by atoms with Gasteiger partial charge in [-0.1, -0.05) is 11.8 Å². The Labute approximate surface area is 164 Å². The predicted molar refractivity (Wildman–Crippen MR) is 101 cm³/mol. The Balaban J connectivity index is 1.60. The van der Waals surface area contributed by atoms with Crippen molar-refractivity contribution in [2.24, 2.45) is 0 Å². The molecular formula is C16H21N5O4S2. The van der Waals surface area contributed by atoms with Crippen LogP contribution < -0.4 is 5.32 Å². The highest BCUT2D eigenvalue weighted by molar-refractivity contribution is 7.99. The normalized spacial score (nSPS) is 16.5. The number of tetrazole rings is 1. The molecular weight excluding hydrogens is 390 g/mol. The first-order chi connectivity index (χ1) is 13.0. The molecule has 11 heteroatoms. The first-order valence-corrected chi connectivity index (χ1v) is 10.3. The van der Waals surface area contributed by atoms with Crippen LogP contribution in [0.2, 0.25) is 0 Å². The maximum atomic E-state index is 12.4. The van der Waals surface area contributed by atoms with E-state index in [9.17, 15) is 9.59 Å². The Morgan fingerprint density at radius 3 is 2.96 bits per heavy atom. The Morgan fingerprint density at radius 2 is 2.26 bits per heavy atom.